The molecule has 0 heterocycles. The third-order valence-corrected chi connectivity index (χ3v) is 4.11. The second-order valence-electron chi connectivity index (χ2n) is 5.86. The van der Waals surface area contributed by atoms with Crippen LogP contribution in [-0.2, 0) is 4.79 Å². The molecule has 1 amide bonds. The van der Waals surface area contributed by atoms with E-state index in [1.54, 1.807) is 0 Å². The zero-order valence-electron chi connectivity index (χ0n) is 11.9. The summed E-state index contributed by atoms with van der Waals surface area (Å²) in [6.07, 6.45) is 10.7. The molecule has 1 unspecified atom stereocenters. The second kappa shape index (κ2) is 9.37. The predicted octanol–water partition coefficient (Wildman–Crippen LogP) is 2.84. The van der Waals surface area contributed by atoms with E-state index < -0.39 is 0 Å². The Balaban J connectivity index is 1.92. The van der Waals surface area contributed by atoms with Crippen molar-refractivity contribution < 1.29 is 4.79 Å². The fourth-order valence-electron chi connectivity index (χ4n) is 2.81. The molecule has 1 rings (SSSR count). The zero-order valence-corrected chi connectivity index (χ0v) is 11.9. The number of carbonyl (C=O) groups is 1. The van der Waals surface area contributed by atoms with E-state index in [1.807, 2.05) is 0 Å². The van der Waals surface area contributed by atoms with Gasteiger partial charge in [0.2, 0.25) is 5.91 Å². The molecule has 3 N–H and O–H groups in total. The van der Waals surface area contributed by atoms with Crippen molar-refractivity contribution in [1.82, 2.24) is 5.32 Å². The van der Waals surface area contributed by atoms with Gasteiger partial charge in [-0.25, -0.2) is 0 Å². The topological polar surface area (TPSA) is 55.1 Å². The van der Waals surface area contributed by atoms with Crippen molar-refractivity contribution in [2.75, 3.05) is 13.1 Å². The zero-order chi connectivity index (χ0) is 13.2. The first-order valence-corrected chi connectivity index (χ1v) is 7.69. The highest BCUT2D eigenvalue weighted by Gasteiger charge is 2.14. The van der Waals surface area contributed by atoms with E-state index in [4.69, 9.17) is 5.73 Å². The van der Waals surface area contributed by atoms with E-state index in [1.165, 1.54) is 32.1 Å². The van der Waals surface area contributed by atoms with E-state index >= 15 is 0 Å². The molecule has 0 aromatic carbocycles. The molecule has 1 aliphatic rings. The van der Waals surface area contributed by atoms with Crippen molar-refractivity contribution in [2.45, 2.75) is 64.7 Å². The number of rotatable bonds is 9. The lowest BCUT2D eigenvalue weighted by Gasteiger charge is -2.11. The number of nitrogens with two attached hydrogens (primary N) is 1. The molecular weight excluding hydrogens is 224 g/mol. The van der Waals surface area contributed by atoms with Crippen LogP contribution in [0.15, 0.2) is 0 Å². The highest BCUT2D eigenvalue weighted by atomic mass is 16.1. The minimum absolute atomic E-state index is 0.213. The normalized spacial score (nSPS) is 17.9. The van der Waals surface area contributed by atoms with E-state index in [-0.39, 0.29) is 5.91 Å². The average molecular weight is 254 g/mol. The smallest absolute Gasteiger partial charge is 0.220 e. The van der Waals surface area contributed by atoms with Crippen molar-refractivity contribution in [3.63, 3.8) is 0 Å². The van der Waals surface area contributed by atoms with Crippen LogP contribution >= 0.6 is 0 Å². The SMILES string of the molecule is CC(CCN)CCC(=O)NCCCC1CCCC1. The molecule has 1 saturated carbocycles. The van der Waals surface area contributed by atoms with Gasteiger partial charge in [-0.1, -0.05) is 32.6 Å². The Kier molecular flexibility index (Phi) is 8.06. The van der Waals surface area contributed by atoms with Crippen LogP contribution in [0.2, 0.25) is 0 Å². The molecule has 0 spiro atoms. The molecule has 1 fully saturated rings. The maximum atomic E-state index is 11.6. The first-order chi connectivity index (χ1) is 8.72. The maximum absolute atomic E-state index is 11.6. The number of nitrogens with one attached hydrogen (secondary N) is 1. The van der Waals surface area contributed by atoms with Crippen LogP contribution in [0.3, 0.4) is 0 Å². The van der Waals surface area contributed by atoms with Gasteiger partial charge in [-0.15, -0.1) is 0 Å². The quantitative estimate of drug-likeness (QED) is 0.622. The number of carbonyl (C=O) groups excluding carboxylic acids is 1. The molecule has 0 aromatic heterocycles. The van der Waals surface area contributed by atoms with Crippen LogP contribution in [0, 0.1) is 11.8 Å². The molecule has 0 aliphatic heterocycles. The Morgan fingerprint density at radius 2 is 2.06 bits per heavy atom. The molecule has 1 aliphatic carbocycles. The van der Waals surface area contributed by atoms with Gasteiger partial charge in [0.05, 0.1) is 0 Å². The van der Waals surface area contributed by atoms with Crippen molar-refractivity contribution in [3.8, 4) is 0 Å². The van der Waals surface area contributed by atoms with Crippen LogP contribution < -0.4 is 11.1 Å². The molecule has 0 saturated heterocycles. The van der Waals surface area contributed by atoms with Gasteiger partial charge in [0.15, 0.2) is 0 Å². The third kappa shape index (κ3) is 7.00. The van der Waals surface area contributed by atoms with Gasteiger partial charge >= 0.3 is 0 Å². The summed E-state index contributed by atoms with van der Waals surface area (Å²) in [6.45, 7) is 3.75. The largest absolute Gasteiger partial charge is 0.356 e. The van der Waals surface area contributed by atoms with Gasteiger partial charge in [-0.05, 0) is 44.1 Å². The van der Waals surface area contributed by atoms with Gasteiger partial charge in [0.1, 0.15) is 0 Å². The lowest BCUT2D eigenvalue weighted by molar-refractivity contribution is -0.121. The Hall–Kier alpha value is -0.570. The predicted molar refractivity (Wildman–Crippen MR) is 76.3 cm³/mol. The van der Waals surface area contributed by atoms with Crippen molar-refractivity contribution >= 4 is 5.91 Å². The highest BCUT2D eigenvalue weighted by Crippen LogP contribution is 2.28. The summed E-state index contributed by atoms with van der Waals surface area (Å²) in [5.74, 6) is 1.72. The third-order valence-electron chi connectivity index (χ3n) is 4.11. The maximum Gasteiger partial charge on any atom is 0.220 e. The molecule has 1 atom stereocenters. The molecule has 18 heavy (non-hydrogen) atoms. The molecule has 0 radical (unpaired) electrons. The average Bonchev–Trinajstić information content (AvgIpc) is 2.85. The van der Waals surface area contributed by atoms with Gasteiger partial charge in [0.25, 0.3) is 0 Å². The van der Waals surface area contributed by atoms with E-state index in [0.717, 1.165) is 38.3 Å². The van der Waals surface area contributed by atoms with Gasteiger partial charge in [-0.2, -0.15) is 0 Å². The van der Waals surface area contributed by atoms with E-state index in [9.17, 15) is 4.79 Å². The Morgan fingerprint density at radius 1 is 1.33 bits per heavy atom. The Morgan fingerprint density at radius 3 is 2.72 bits per heavy atom. The summed E-state index contributed by atoms with van der Waals surface area (Å²) in [5.41, 5.74) is 5.49. The molecule has 3 heteroatoms. The summed E-state index contributed by atoms with van der Waals surface area (Å²) >= 11 is 0. The van der Waals surface area contributed by atoms with Crippen molar-refractivity contribution in [2.24, 2.45) is 17.6 Å². The second-order valence-corrected chi connectivity index (χ2v) is 5.86. The number of hydrogen-bond donors (Lipinski definition) is 2. The van der Waals surface area contributed by atoms with Crippen LogP contribution in [0.4, 0.5) is 0 Å². The van der Waals surface area contributed by atoms with Gasteiger partial charge < -0.3 is 11.1 Å². The summed E-state index contributed by atoms with van der Waals surface area (Å²) < 4.78 is 0. The van der Waals surface area contributed by atoms with Crippen molar-refractivity contribution in [3.05, 3.63) is 0 Å². The number of amides is 1. The highest BCUT2D eigenvalue weighted by molar-refractivity contribution is 5.75. The Labute approximate surface area is 112 Å². The minimum atomic E-state index is 0.213. The molecule has 0 aromatic rings. The lowest BCUT2D eigenvalue weighted by Crippen LogP contribution is -2.25. The molecule has 106 valence electrons. The molecular formula is C15H30N2O. The monoisotopic (exact) mass is 254 g/mol. The van der Waals surface area contributed by atoms with Crippen LogP contribution in [0.25, 0.3) is 0 Å². The van der Waals surface area contributed by atoms with Crippen LogP contribution in [-0.4, -0.2) is 19.0 Å². The summed E-state index contributed by atoms with van der Waals surface area (Å²) in [7, 11) is 0. The molecule has 0 bridgehead atoms. The fraction of sp³-hybridized carbons (Fsp3) is 0.933. The van der Waals surface area contributed by atoms with Crippen molar-refractivity contribution in [1.29, 1.82) is 0 Å². The lowest BCUT2D eigenvalue weighted by atomic mass is 10.0. The van der Waals surface area contributed by atoms with Gasteiger partial charge in [0, 0.05) is 13.0 Å². The summed E-state index contributed by atoms with van der Waals surface area (Å²) in [4.78, 5) is 11.6. The minimum Gasteiger partial charge on any atom is -0.356 e. The summed E-state index contributed by atoms with van der Waals surface area (Å²) in [6, 6.07) is 0. The Bertz CT molecular complexity index is 225. The standard InChI is InChI=1S/C15H30N2O/c1-13(10-11-16)8-9-15(18)17-12-4-7-14-5-2-3-6-14/h13-14H,2-12,16H2,1H3,(H,17,18). The van der Waals surface area contributed by atoms with Crippen LogP contribution in [0.5, 0.6) is 0 Å². The van der Waals surface area contributed by atoms with Crippen LogP contribution in [0.1, 0.15) is 64.7 Å². The van der Waals surface area contributed by atoms with E-state index in [0.29, 0.717) is 12.3 Å². The first-order valence-electron chi connectivity index (χ1n) is 7.69. The van der Waals surface area contributed by atoms with E-state index in [2.05, 4.69) is 12.2 Å². The first kappa shape index (κ1) is 15.5. The molecule has 3 nitrogen and oxygen atoms in total. The fourth-order valence-corrected chi connectivity index (χ4v) is 2.81. The van der Waals surface area contributed by atoms with Gasteiger partial charge in [-0.3, -0.25) is 4.79 Å². The summed E-state index contributed by atoms with van der Waals surface area (Å²) in [5, 5.41) is 3.03. The number of hydrogen-bond acceptors (Lipinski definition) is 2.